The quantitative estimate of drug-likeness (QED) is 0.0847. The van der Waals surface area contributed by atoms with Crippen LogP contribution in [0.25, 0.3) is 132 Å². The van der Waals surface area contributed by atoms with E-state index in [0.29, 0.717) is 0 Å². The molecule has 0 aliphatic heterocycles. The van der Waals surface area contributed by atoms with Gasteiger partial charge in [0.05, 0.1) is 0 Å². The zero-order valence-corrected chi connectivity index (χ0v) is 43.8. The van der Waals surface area contributed by atoms with Crippen molar-refractivity contribution in [1.29, 1.82) is 0 Å². The lowest BCUT2D eigenvalue weighted by molar-refractivity contribution is 0.795. The summed E-state index contributed by atoms with van der Waals surface area (Å²) in [5.41, 5.74) is 26.9. The number of hydrogen-bond acceptors (Lipinski definition) is 0. The number of hydrogen-bond donors (Lipinski definition) is 0. The van der Waals surface area contributed by atoms with Crippen LogP contribution in [0.5, 0.6) is 0 Å². The van der Waals surface area contributed by atoms with Crippen LogP contribution in [-0.4, -0.2) is 0 Å². The zero-order chi connectivity index (χ0) is 49.9. The Hall–Kier alpha value is -7.54. The highest BCUT2D eigenvalue weighted by atomic mass is 14.4. The van der Waals surface area contributed by atoms with Gasteiger partial charge in [0.1, 0.15) is 0 Å². The Morgan fingerprint density at radius 1 is 0.243 bits per heavy atom. The second-order valence-corrected chi connectivity index (χ2v) is 21.6. The maximum atomic E-state index is 2.66. The molecule has 0 nitrogen and oxygen atoms in total. The molecule has 0 amide bonds. The second-order valence-electron chi connectivity index (χ2n) is 21.6. The molecule has 2 aliphatic rings. The largest absolute Gasteiger partial charge is 0.0654 e. The average molecular weight is 955 g/mol. The monoisotopic (exact) mass is 955 g/mol. The molecule has 11 aromatic rings. The van der Waals surface area contributed by atoms with Crippen molar-refractivity contribution < 1.29 is 0 Å². The molecule has 0 bridgehead atoms. The summed E-state index contributed by atoms with van der Waals surface area (Å²) in [4.78, 5) is 0. The van der Waals surface area contributed by atoms with E-state index in [1.165, 1.54) is 206 Å². The van der Waals surface area contributed by atoms with E-state index in [2.05, 4.69) is 210 Å². The zero-order valence-electron chi connectivity index (χ0n) is 43.8. The van der Waals surface area contributed by atoms with Gasteiger partial charge in [-0.1, -0.05) is 223 Å². The Balaban J connectivity index is 1.23. The first kappa shape index (κ1) is 46.3. The lowest BCUT2D eigenvalue weighted by Gasteiger charge is -2.25. The van der Waals surface area contributed by atoms with Crippen molar-refractivity contribution in [2.75, 3.05) is 0 Å². The van der Waals surface area contributed by atoms with Gasteiger partial charge in [-0.2, -0.15) is 0 Å². The molecule has 362 valence electrons. The van der Waals surface area contributed by atoms with Gasteiger partial charge < -0.3 is 0 Å². The van der Waals surface area contributed by atoms with Crippen LogP contribution in [0.2, 0.25) is 0 Å². The third-order valence-electron chi connectivity index (χ3n) is 16.9. The predicted molar refractivity (Wildman–Crippen MR) is 322 cm³/mol. The molecule has 11 aromatic carbocycles. The molecule has 0 spiro atoms. The van der Waals surface area contributed by atoms with Gasteiger partial charge in [-0.15, -0.1) is 0 Å². The van der Waals surface area contributed by atoms with Crippen molar-refractivity contribution >= 4 is 43.1 Å². The number of aryl methyl sites for hydroxylation is 4. The fraction of sp³-hybridized carbons (Fsp3) is 0.216. The third-order valence-corrected chi connectivity index (χ3v) is 16.9. The molecule has 0 fully saturated rings. The first-order valence-electron chi connectivity index (χ1n) is 28.2. The fourth-order valence-corrected chi connectivity index (χ4v) is 13.1. The molecule has 0 aromatic heterocycles. The van der Waals surface area contributed by atoms with Gasteiger partial charge in [0.2, 0.25) is 0 Å². The second kappa shape index (κ2) is 19.4. The van der Waals surface area contributed by atoms with Gasteiger partial charge in [0.15, 0.2) is 0 Å². The minimum absolute atomic E-state index is 1.10. The summed E-state index contributed by atoms with van der Waals surface area (Å²) in [6.07, 6.45) is 13.9. The lowest BCUT2D eigenvalue weighted by atomic mass is 9.78. The highest BCUT2D eigenvalue weighted by Gasteiger charge is 2.34. The predicted octanol–water partition coefficient (Wildman–Crippen LogP) is 21.6. The van der Waals surface area contributed by atoms with Crippen LogP contribution < -0.4 is 0 Å². The number of unbranched alkanes of at least 4 members (excludes halogenated alkanes) is 4. The van der Waals surface area contributed by atoms with E-state index in [1.54, 1.807) is 0 Å². The van der Waals surface area contributed by atoms with Gasteiger partial charge in [-0.25, -0.2) is 0 Å². The van der Waals surface area contributed by atoms with Crippen molar-refractivity contribution in [3.63, 3.8) is 0 Å². The fourth-order valence-electron chi connectivity index (χ4n) is 13.1. The maximum Gasteiger partial charge on any atom is -0.000741 e. The van der Waals surface area contributed by atoms with Crippen LogP contribution in [0.4, 0.5) is 0 Å². The van der Waals surface area contributed by atoms with Crippen LogP contribution in [0.3, 0.4) is 0 Å². The van der Waals surface area contributed by atoms with Gasteiger partial charge in [0, 0.05) is 0 Å². The molecule has 0 heterocycles. The molecule has 0 saturated heterocycles. The van der Waals surface area contributed by atoms with Crippen molar-refractivity contribution in [2.45, 2.75) is 105 Å². The summed E-state index contributed by atoms with van der Waals surface area (Å²) < 4.78 is 0. The highest BCUT2D eigenvalue weighted by molar-refractivity contribution is 6.33. The maximum absolute atomic E-state index is 2.66. The summed E-state index contributed by atoms with van der Waals surface area (Å²) >= 11 is 0. The van der Waals surface area contributed by atoms with Crippen LogP contribution in [0.15, 0.2) is 182 Å². The van der Waals surface area contributed by atoms with E-state index in [4.69, 9.17) is 0 Å². The molecule has 2 aliphatic carbocycles. The van der Waals surface area contributed by atoms with E-state index in [9.17, 15) is 0 Å². The Morgan fingerprint density at radius 2 is 0.473 bits per heavy atom. The summed E-state index contributed by atoms with van der Waals surface area (Å²) in [5.74, 6) is 0. The van der Waals surface area contributed by atoms with Crippen molar-refractivity contribution in [3.05, 3.63) is 204 Å². The van der Waals surface area contributed by atoms with E-state index in [0.717, 1.165) is 25.7 Å². The molecule has 74 heavy (non-hydrogen) atoms. The Bertz CT molecular complexity index is 3430. The van der Waals surface area contributed by atoms with E-state index in [-0.39, 0.29) is 0 Å². The van der Waals surface area contributed by atoms with Crippen molar-refractivity contribution in [3.8, 4) is 89.0 Å². The first-order chi connectivity index (χ1) is 36.6. The van der Waals surface area contributed by atoms with Crippen molar-refractivity contribution in [2.24, 2.45) is 0 Å². The molecule has 0 heteroatoms. The molecule has 0 saturated carbocycles. The van der Waals surface area contributed by atoms with Gasteiger partial charge in [-0.05, 0) is 218 Å². The summed E-state index contributed by atoms with van der Waals surface area (Å²) in [7, 11) is 0. The van der Waals surface area contributed by atoms with Crippen LogP contribution in [0, 0.1) is 0 Å². The molecular formula is C74H66. The smallest absolute Gasteiger partial charge is 0.000741 e. The van der Waals surface area contributed by atoms with E-state index < -0.39 is 0 Å². The van der Waals surface area contributed by atoms with E-state index >= 15 is 0 Å². The van der Waals surface area contributed by atoms with E-state index in [1.807, 2.05) is 0 Å². The van der Waals surface area contributed by atoms with Gasteiger partial charge >= 0.3 is 0 Å². The summed E-state index contributed by atoms with van der Waals surface area (Å²) in [6, 6.07) is 72.1. The lowest BCUT2D eigenvalue weighted by Crippen LogP contribution is -1.98. The Kier molecular flexibility index (Phi) is 12.1. The van der Waals surface area contributed by atoms with Crippen LogP contribution in [0.1, 0.15) is 101 Å². The minimum Gasteiger partial charge on any atom is -0.0654 e. The van der Waals surface area contributed by atoms with Crippen LogP contribution in [-0.2, 0) is 25.7 Å². The summed E-state index contributed by atoms with van der Waals surface area (Å²) in [6.45, 7) is 9.18. The molecule has 0 unspecified atom stereocenters. The Morgan fingerprint density at radius 3 is 0.689 bits per heavy atom. The van der Waals surface area contributed by atoms with Crippen LogP contribution >= 0.6 is 0 Å². The first-order valence-corrected chi connectivity index (χ1v) is 28.2. The summed E-state index contributed by atoms with van der Waals surface area (Å²) in [5, 5.41) is 10.6. The minimum atomic E-state index is 1.10. The standard InChI is InChI=1S/C74H66/c1-5-9-17-47-29-37-53(38-30-47)67-61-45-63-64(46-62(61)68(54-39-31-48(32-40-54)18-10-6-2)72-58-26-14-22-51-21-13-25-57(65(51)58)71(67)72)70(56-43-35-50(36-44-56)20-12-8-4)74-60-28-16-24-52-23-15-27-59(66(52)60)73(74)69(63)55-41-33-49(34-42-55)19-11-7-3/h13-16,21-46H,5-12,17-20H2,1-4H3. The number of fused-ring (bicyclic) bond motifs is 8. The van der Waals surface area contributed by atoms with Crippen molar-refractivity contribution in [1.82, 2.24) is 0 Å². The molecule has 0 radical (unpaired) electrons. The molecule has 13 rings (SSSR count). The van der Waals surface area contributed by atoms with Gasteiger partial charge in [0.25, 0.3) is 0 Å². The average Bonchev–Trinajstić information content (AvgIpc) is 4.03. The topological polar surface area (TPSA) is 0 Å². The normalized spacial score (nSPS) is 12.2. The molecule has 0 N–H and O–H groups in total. The number of rotatable bonds is 16. The number of benzene rings is 11. The Labute approximate surface area is 438 Å². The highest BCUT2D eigenvalue weighted by Crippen LogP contribution is 2.61. The third kappa shape index (κ3) is 7.63. The van der Waals surface area contributed by atoms with Gasteiger partial charge in [-0.3, -0.25) is 0 Å². The molecular weight excluding hydrogens is 889 g/mol. The molecule has 0 atom stereocenters. The SMILES string of the molecule is CCCCc1ccc(-c2c3c(c(-c4ccc(CCCC)cc4)c4cc5c(-c6ccc(CCCC)cc6)c6c(c(-c7ccc(CCCC)cc7)c5cc24)-c2cccc4cccc-6c24)-c2cccc4cccc-3c24)cc1.